The Balaban J connectivity index is 2.04. The molecule has 0 saturated heterocycles. The number of hydrogen-bond acceptors (Lipinski definition) is 4. The highest BCUT2D eigenvalue weighted by atomic mass is 15.0. The van der Waals surface area contributed by atoms with Crippen LogP contribution in [-0.4, -0.2) is 26.1 Å². The Bertz CT molecular complexity index is 460. The quantitative estimate of drug-likeness (QED) is 0.789. The first kappa shape index (κ1) is 11.7. The van der Waals surface area contributed by atoms with Gasteiger partial charge in [-0.15, -0.1) is 0 Å². The van der Waals surface area contributed by atoms with Crippen LogP contribution in [0.1, 0.15) is 18.5 Å². The van der Waals surface area contributed by atoms with Crippen molar-refractivity contribution >= 4 is 0 Å². The third-order valence-corrected chi connectivity index (χ3v) is 2.55. The summed E-state index contributed by atoms with van der Waals surface area (Å²) < 4.78 is 2.06. The van der Waals surface area contributed by atoms with Crippen molar-refractivity contribution in [2.75, 3.05) is 6.54 Å². The van der Waals surface area contributed by atoms with Crippen LogP contribution in [-0.2, 0) is 6.54 Å². The minimum absolute atomic E-state index is 0.741. The summed E-state index contributed by atoms with van der Waals surface area (Å²) in [5.74, 6) is 0. The van der Waals surface area contributed by atoms with Gasteiger partial charge in [-0.25, -0.2) is 4.98 Å². The maximum absolute atomic E-state index is 5.46. The van der Waals surface area contributed by atoms with E-state index in [-0.39, 0.29) is 0 Å². The third-order valence-electron chi connectivity index (χ3n) is 2.55. The average molecular weight is 231 g/mol. The molecule has 2 aromatic heterocycles. The summed E-state index contributed by atoms with van der Waals surface area (Å²) in [6.07, 6.45) is 9.44. The van der Waals surface area contributed by atoms with E-state index >= 15 is 0 Å². The standard InChI is InChI=1S/C12H17N5/c1-10-6-15-11(7-14-10)12-8-17(9-16-12)5-3-2-4-13/h6-9H,2-5,13H2,1H3. The molecular formula is C12H17N5. The molecule has 0 unspecified atom stereocenters. The monoisotopic (exact) mass is 231 g/mol. The Morgan fingerprint density at radius 3 is 2.71 bits per heavy atom. The molecule has 2 heterocycles. The maximum Gasteiger partial charge on any atom is 0.108 e. The van der Waals surface area contributed by atoms with Gasteiger partial charge in [0, 0.05) is 18.9 Å². The molecule has 0 amide bonds. The highest BCUT2D eigenvalue weighted by Gasteiger charge is 2.03. The van der Waals surface area contributed by atoms with Crippen molar-refractivity contribution in [3.63, 3.8) is 0 Å². The van der Waals surface area contributed by atoms with Crippen LogP contribution in [0.25, 0.3) is 11.4 Å². The molecule has 17 heavy (non-hydrogen) atoms. The van der Waals surface area contributed by atoms with E-state index in [0.29, 0.717) is 0 Å². The zero-order valence-corrected chi connectivity index (χ0v) is 10.0. The van der Waals surface area contributed by atoms with Gasteiger partial charge in [-0.3, -0.25) is 9.97 Å². The molecule has 5 heteroatoms. The minimum atomic E-state index is 0.741. The summed E-state index contributed by atoms with van der Waals surface area (Å²) in [4.78, 5) is 12.8. The van der Waals surface area contributed by atoms with Gasteiger partial charge in [0.15, 0.2) is 0 Å². The molecule has 90 valence electrons. The summed E-state index contributed by atoms with van der Waals surface area (Å²) in [5.41, 5.74) is 8.05. The van der Waals surface area contributed by atoms with E-state index in [0.717, 1.165) is 43.0 Å². The Morgan fingerprint density at radius 2 is 2.00 bits per heavy atom. The Labute approximate surface area is 101 Å². The van der Waals surface area contributed by atoms with Crippen molar-refractivity contribution in [1.29, 1.82) is 0 Å². The lowest BCUT2D eigenvalue weighted by molar-refractivity contribution is 0.614. The smallest absolute Gasteiger partial charge is 0.108 e. The summed E-state index contributed by atoms with van der Waals surface area (Å²) in [5, 5.41) is 0. The predicted molar refractivity (Wildman–Crippen MR) is 66.3 cm³/mol. The summed E-state index contributed by atoms with van der Waals surface area (Å²) in [6.45, 7) is 3.61. The first-order valence-corrected chi connectivity index (χ1v) is 5.80. The second-order valence-corrected chi connectivity index (χ2v) is 4.04. The van der Waals surface area contributed by atoms with Crippen LogP contribution in [0.4, 0.5) is 0 Å². The van der Waals surface area contributed by atoms with Gasteiger partial charge in [0.05, 0.1) is 18.2 Å². The largest absolute Gasteiger partial charge is 0.337 e. The molecule has 0 radical (unpaired) electrons. The molecule has 2 N–H and O–H groups in total. The molecule has 5 nitrogen and oxygen atoms in total. The van der Waals surface area contributed by atoms with Crippen LogP contribution in [0.5, 0.6) is 0 Å². The molecule has 0 fully saturated rings. The van der Waals surface area contributed by atoms with E-state index in [4.69, 9.17) is 5.73 Å². The molecule has 2 aromatic rings. The SMILES string of the molecule is Cc1cnc(-c2cn(CCCCN)cn2)cn1. The lowest BCUT2D eigenvalue weighted by Crippen LogP contribution is -2.01. The third kappa shape index (κ3) is 3.10. The number of hydrogen-bond donors (Lipinski definition) is 1. The highest BCUT2D eigenvalue weighted by Crippen LogP contribution is 2.13. The summed E-state index contributed by atoms with van der Waals surface area (Å²) in [6, 6.07) is 0. The number of aryl methyl sites for hydroxylation is 2. The fourth-order valence-corrected chi connectivity index (χ4v) is 1.58. The molecule has 0 bridgehead atoms. The Kier molecular flexibility index (Phi) is 3.82. The van der Waals surface area contributed by atoms with E-state index < -0.39 is 0 Å². The zero-order valence-electron chi connectivity index (χ0n) is 10.0. The van der Waals surface area contributed by atoms with Crippen molar-refractivity contribution in [3.05, 3.63) is 30.6 Å². The van der Waals surface area contributed by atoms with Crippen molar-refractivity contribution in [2.24, 2.45) is 5.73 Å². The second-order valence-electron chi connectivity index (χ2n) is 4.04. The lowest BCUT2D eigenvalue weighted by Gasteiger charge is -1.99. The van der Waals surface area contributed by atoms with Crippen LogP contribution in [0.2, 0.25) is 0 Å². The average Bonchev–Trinajstić information content (AvgIpc) is 2.79. The maximum atomic E-state index is 5.46. The number of rotatable bonds is 5. The Morgan fingerprint density at radius 1 is 1.12 bits per heavy atom. The Hall–Kier alpha value is -1.75. The van der Waals surface area contributed by atoms with Crippen molar-refractivity contribution in [1.82, 2.24) is 19.5 Å². The van der Waals surface area contributed by atoms with E-state index in [1.54, 1.807) is 12.4 Å². The fraction of sp³-hybridized carbons (Fsp3) is 0.417. The first-order valence-electron chi connectivity index (χ1n) is 5.80. The summed E-state index contributed by atoms with van der Waals surface area (Å²) in [7, 11) is 0. The molecule has 2 rings (SSSR count). The van der Waals surface area contributed by atoms with Crippen LogP contribution in [0.3, 0.4) is 0 Å². The first-order chi connectivity index (χ1) is 8.29. The van der Waals surface area contributed by atoms with E-state index in [1.807, 2.05) is 19.4 Å². The van der Waals surface area contributed by atoms with Gasteiger partial charge in [-0.2, -0.15) is 0 Å². The van der Waals surface area contributed by atoms with Gasteiger partial charge in [0.1, 0.15) is 11.4 Å². The van der Waals surface area contributed by atoms with Crippen LogP contribution >= 0.6 is 0 Å². The molecule has 0 aliphatic heterocycles. The van der Waals surface area contributed by atoms with Crippen LogP contribution in [0, 0.1) is 6.92 Å². The van der Waals surface area contributed by atoms with Gasteiger partial charge in [0.25, 0.3) is 0 Å². The number of aromatic nitrogens is 4. The topological polar surface area (TPSA) is 69.6 Å². The van der Waals surface area contributed by atoms with Gasteiger partial charge in [0.2, 0.25) is 0 Å². The molecule has 0 saturated carbocycles. The van der Waals surface area contributed by atoms with Gasteiger partial charge in [-0.1, -0.05) is 0 Å². The zero-order chi connectivity index (χ0) is 12.1. The fourth-order valence-electron chi connectivity index (χ4n) is 1.58. The number of nitrogens with zero attached hydrogens (tertiary/aromatic N) is 4. The van der Waals surface area contributed by atoms with Crippen molar-refractivity contribution in [3.8, 4) is 11.4 Å². The second kappa shape index (κ2) is 5.54. The predicted octanol–water partition coefficient (Wildman–Crippen LogP) is 1.39. The molecule has 0 aromatic carbocycles. The molecule has 0 atom stereocenters. The van der Waals surface area contributed by atoms with E-state index in [2.05, 4.69) is 19.5 Å². The normalized spacial score (nSPS) is 10.7. The lowest BCUT2D eigenvalue weighted by atomic mass is 10.3. The van der Waals surface area contributed by atoms with E-state index in [1.165, 1.54) is 0 Å². The summed E-state index contributed by atoms with van der Waals surface area (Å²) >= 11 is 0. The number of imidazole rings is 1. The van der Waals surface area contributed by atoms with Crippen LogP contribution in [0.15, 0.2) is 24.9 Å². The minimum Gasteiger partial charge on any atom is -0.337 e. The van der Waals surface area contributed by atoms with Crippen molar-refractivity contribution in [2.45, 2.75) is 26.3 Å². The molecule has 0 aliphatic carbocycles. The van der Waals surface area contributed by atoms with Gasteiger partial charge < -0.3 is 10.3 Å². The van der Waals surface area contributed by atoms with E-state index in [9.17, 15) is 0 Å². The molecular weight excluding hydrogens is 214 g/mol. The highest BCUT2D eigenvalue weighted by molar-refractivity contribution is 5.50. The number of nitrogens with two attached hydrogens (primary N) is 1. The van der Waals surface area contributed by atoms with Crippen molar-refractivity contribution < 1.29 is 0 Å². The van der Waals surface area contributed by atoms with Gasteiger partial charge >= 0.3 is 0 Å². The molecule has 0 aliphatic rings. The van der Waals surface area contributed by atoms with Gasteiger partial charge in [-0.05, 0) is 26.3 Å². The van der Waals surface area contributed by atoms with Crippen LogP contribution < -0.4 is 5.73 Å². The number of unbranched alkanes of at least 4 members (excludes halogenated alkanes) is 1. The molecule has 0 spiro atoms.